The number of aryl methyl sites for hydroxylation is 1. The quantitative estimate of drug-likeness (QED) is 0.372. The summed E-state index contributed by atoms with van der Waals surface area (Å²) in [6.45, 7) is 1.91. The van der Waals surface area contributed by atoms with Crippen molar-refractivity contribution in [2.75, 3.05) is 4.90 Å². The number of Topliss-reactive ketones (excluding diaryl/α,β-unsaturated/α-hetero) is 2. The van der Waals surface area contributed by atoms with E-state index in [1.54, 1.807) is 54.6 Å². The Morgan fingerprint density at radius 2 is 1.47 bits per heavy atom. The highest BCUT2D eigenvalue weighted by Gasteiger charge is 2.74. The van der Waals surface area contributed by atoms with Gasteiger partial charge in [0.25, 0.3) is 0 Å². The Hall–Kier alpha value is -3.42. The van der Waals surface area contributed by atoms with Gasteiger partial charge in [-0.3, -0.25) is 19.2 Å². The Balaban J connectivity index is 1.55. The zero-order chi connectivity index (χ0) is 23.8. The molecule has 0 unspecified atom stereocenters. The van der Waals surface area contributed by atoms with Gasteiger partial charge in [-0.15, -0.1) is 0 Å². The van der Waals surface area contributed by atoms with Crippen LogP contribution < -0.4 is 4.90 Å². The lowest BCUT2D eigenvalue weighted by molar-refractivity contribution is -0.127. The van der Waals surface area contributed by atoms with Gasteiger partial charge < -0.3 is 4.74 Å². The Labute approximate surface area is 203 Å². The lowest BCUT2D eigenvalue weighted by Gasteiger charge is -2.27. The predicted octanol–water partition coefficient (Wildman–Crippen LogP) is 4.45. The zero-order valence-corrected chi connectivity index (χ0v) is 19.6. The molecule has 168 valence electrons. The fourth-order valence-corrected chi connectivity index (χ4v) is 5.77. The Morgan fingerprint density at radius 3 is 2.09 bits per heavy atom. The number of carbonyl (C=O) groups is 4. The van der Waals surface area contributed by atoms with Gasteiger partial charge in [-0.05, 0) is 36.8 Å². The van der Waals surface area contributed by atoms with Gasteiger partial charge in [-0.2, -0.15) is 0 Å². The molecule has 2 amide bonds. The molecule has 1 spiro atoms. The van der Waals surface area contributed by atoms with Crippen LogP contribution in [0.1, 0.15) is 37.9 Å². The maximum absolute atomic E-state index is 13.8. The van der Waals surface area contributed by atoms with Crippen LogP contribution in [-0.4, -0.2) is 29.0 Å². The highest BCUT2D eigenvalue weighted by atomic mass is 79.9. The summed E-state index contributed by atoms with van der Waals surface area (Å²) < 4.78 is 7.09. The summed E-state index contributed by atoms with van der Waals surface area (Å²) in [5, 5.41) is 0. The largest absolute Gasteiger partial charge is 0.349 e. The van der Waals surface area contributed by atoms with Gasteiger partial charge >= 0.3 is 0 Å². The minimum absolute atomic E-state index is 0.221. The summed E-state index contributed by atoms with van der Waals surface area (Å²) >= 11 is 3.36. The number of nitrogens with zero attached hydrogens (tertiary/aromatic N) is 1. The molecule has 0 N–H and O–H groups in total. The van der Waals surface area contributed by atoms with Crippen molar-refractivity contribution in [2.24, 2.45) is 11.8 Å². The van der Waals surface area contributed by atoms with E-state index in [1.165, 1.54) is 0 Å². The minimum Gasteiger partial charge on any atom is -0.349 e. The second-order valence-corrected chi connectivity index (χ2v) is 9.80. The third-order valence-electron chi connectivity index (χ3n) is 6.97. The summed E-state index contributed by atoms with van der Waals surface area (Å²) in [4.78, 5) is 56.2. The van der Waals surface area contributed by atoms with Crippen LogP contribution >= 0.6 is 15.9 Å². The molecule has 0 bridgehead atoms. The van der Waals surface area contributed by atoms with Gasteiger partial charge in [0.2, 0.25) is 29.0 Å². The van der Waals surface area contributed by atoms with Crippen molar-refractivity contribution in [1.82, 2.24) is 0 Å². The molecule has 1 aliphatic carbocycles. The summed E-state index contributed by atoms with van der Waals surface area (Å²) in [6.07, 6.45) is -0.913. The van der Waals surface area contributed by atoms with E-state index in [-0.39, 0.29) is 11.1 Å². The molecule has 0 aromatic heterocycles. The van der Waals surface area contributed by atoms with Crippen LogP contribution in [0.15, 0.2) is 77.3 Å². The van der Waals surface area contributed by atoms with E-state index < -0.39 is 46.9 Å². The van der Waals surface area contributed by atoms with Gasteiger partial charge in [0, 0.05) is 15.6 Å². The Kier molecular flexibility index (Phi) is 4.53. The van der Waals surface area contributed by atoms with Crippen molar-refractivity contribution in [3.63, 3.8) is 0 Å². The lowest BCUT2D eigenvalue weighted by atomic mass is 9.77. The smallest absolute Gasteiger partial charge is 0.241 e. The van der Waals surface area contributed by atoms with E-state index in [9.17, 15) is 19.2 Å². The molecule has 3 aliphatic rings. The molecule has 2 aliphatic heterocycles. The van der Waals surface area contributed by atoms with E-state index >= 15 is 0 Å². The number of hydrogen-bond donors (Lipinski definition) is 0. The van der Waals surface area contributed by atoms with E-state index in [2.05, 4.69) is 15.9 Å². The average Bonchev–Trinajstić information content (AvgIpc) is 3.40. The van der Waals surface area contributed by atoms with Crippen LogP contribution in [0.2, 0.25) is 0 Å². The first-order chi connectivity index (χ1) is 16.3. The highest BCUT2D eigenvalue weighted by molar-refractivity contribution is 9.10. The number of carbonyl (C=O) groups excluding carboxylic acids is 4. The zero-order valence-electron chi connectivity index (χ0n) is 18.0. The van der Waals surface area contributed by atoms with Crippen LogP contribution in [-0.2, 0) is 14.3 Å². The van der Waals surface area contributed by atoms with E-state index in [0.29, 0.717) is 11.3 Å². The first-order valence-electron chi connectivity index (χ1n) is 10.9. The van der Waals surface area contributed by atoms with Crippen LogP contribution in [0.25, 0.3) is 0 Å². The third-order valence-corrected chi connectivity index (χ3v) is 7.50. The van der Waals surface area contributed by atoms with Crippen LogP contribution in [0.4, 0.5) is 5.69 Å². The predicted molar refractivity (Wildman–Crippen MR) is 126 cm³/mol. The Bertz CT molecular complexity index is 1380. The topological polar surface area (TPSA) is 80.8 Å². The first-order valence-corrected chi connectivity index (χ1v) is 11.7. The van der Waals surface area contributed by atoms with Crippen molar-refractivity contribution in [1.29, 1.82) is 0 Å². The second-order valence-electron chi connectivity index (χ2n) is 8.88. The number of ether oxygens (including phenoxy) is 1. The van der Waals surface area contributed by atoms with Gasteiger partial charge in [0.15, 0.2) is 0 Å². The van der Waals surface area contributed by atoms with E-state index in [1.807, 2.05) is 25.1 Å². The third kappa shape index (κ3) is 2.65. The van der Waals surface area contributed by atoms with Crippen molar-refractivity contribution in [3.8, 4) is 0 Å². The van der Waals surface area contributed by atoms with Crippen molar-refractivity contribution >= 4 is 45.0 Å². The molecular weight excluding hydrogens is 498 g/mol. The van der Waals surface area contributed by atoms with Gasteiger partial charge in [0.05, 0.1) is 23.6 Å². The number of amides is 2. The van der Waals surface area contributed by atoms with Crippen molar-refractivity contribution in [2.45, 2.75) is 18.6 Å². The number of rotatable bonds is 2. The van der Waals surface area contributed by atoms with Gasteiger partial charge in [-0.25, -0.2) is 4.90 Å². The molecule has 7 heteroatoms. The summed E-state index contributed by atoms with van der Waals surface area (Å²) in [7, 11) is 0. The van der Waals surface area contributed by atoms with Crippen molar-refractivity contribution in [3.05, 3.63) is 99.5 Å². The maximum atomic E-state index is 13.8. The molecule has 0 radical (unpaired) electrons. The van der Waals surface area contributed by atoms with Crippen LogP contribution in [0, 0.1) is 18.8 Å². The lowest BCUT2D eigenvalue weighted by Crippen LogP contribution is -2.51. The number of anilines is 1. The highest BCUT2D eigenvalue weighted by Crippen LogP contribution is 2.57. The van der Waals surface area contributed by atoms with Crippen LogP contribution in [0.5, 0.6) is 0 Å². The number of fused-ring (bicyclic) bond motifs is 3. The average molecular weight is 516 g/mol. The number of halogens is 1. The molecule has 2 fully saturated rings. The van der Waals surface area contributed by atoms with Gasteiger partial charge in [-0.1, -0.05) is 70.0 Å². The maximum Gasteiger partial charge on any atom is 0.241 e. The fraction of sp³-hybridized carbons (Fsp3) is 0.185. The van der Waals surface area contributed by atoms with Crippen LogP contribution in [0.3, 0.4) is 0 Å². The van der Waals surface area contributed by atoms with Gasteiger partial charge in [0.1, 0.15) is 0 Å². The number of hydrogen-bond acceptors (Lipinski definition) is 5. The molecule has 2 saturated heterocycles. The monoisotopic (exact) mass is 515 g/mol. The molecule has 3 aromatic rings. The van der Waals surface area contributed by atoms with Crippen molar-refractivity contribution < 1.29 is 23.9 Å². The molecule has 6 rings (SSSR count). The molecule has 2 heterocycles. The number of imide groups is 1. The molecule has 34 heavy (non-hydrogen) atoms. The summed E-state index contributed by atoms with van der Waals surface area (Å²) in [5.74, 6) is -4.44. The first kappa shape index (κ1) is 21.1. The molecule has 3 atom stereocenters. The van der Waals surface area contributed by atoms with E-state index in [4.69, 9.17) is 4.74 Å². The second kappa shape index (κ2) is 7.29. The number of ketones is 2. The fourth-order valence-electron chi connectivity index (χ4n) is 5.51. The molecule has 3 aromatic carbocycles. The number of benzene rings is 3. The molecular formula is C27H18BrNO5. The normalized spacial score (nSPS) is 24.8. The molecule has 6 nitrogen and oxygen atoms in total. The summed E-state index contributed by atoms with van der Waals surface area (Å²) in [6, 6.07) is 20.6. The van der Waals surface area contributed by atoms with E-state index in [0.717, 1.165) is 14.9 Å². The Morgan fingerprint density at radius 1 is 0.824 bits per heavy atom. The standard InChI is InChI=1S/C27H18BrNO5/c1-14-5-4-6-15(13-14)22-20-21(26(33)29(25(20)32)17-11-9-16(28)10-12-17)27(34-22)23(30)18-7-2-3-8-19(18)24(27)31/h2-13,20-22H,1H3/t20-,21-,22-/m1/s1. The minimum atomic E-state index is -2.06. The SMILES string of the molecule is Cc1cccc([C@H]2OC3(C(=O)c4ccccc4C3=O)[C@H]3C(=O)N(c4ccc(Br)cc4)C(=O)[C@@H]23)c1. The molecule has 0 saturated carbocycles. The summed E-state index contributed by atoms with van der Waals surface area (Å²) in [5.41, 5.74) is 0.368.